The van der Waals surface area contributed by atoms with E-state index in [-0.39, 0.29) is 6.10 Å². The highest BCUT2D eigenvalue weighted by molar-refractivity contribution is 6.31. The molecular formula is C26H42BF3N3O2. The van der Waals surface area contributed by atoms with Crippen LogP contribution in [0, 0.1) is 6.92 Å². The Morgan fingerprint density at radius 3 is 2.31 bits per heavy atom. The van der Waals surface area contributed by atoms with Gasteiger partial charge in [-0.3, -0.25) is 0 Å². The van der Waals surface area contributed by atoms with Gasteiger partial charge in [-0.1, -0.05) is 33.6 Å². The van der Waals surface area contributed by atoms with E-state index < -0.39 is 18.5 Å². The van der Waals surface area contributed by atoms with Crippen LogP contribution in [0.3, 0.4) is 0 Å². The summed E-state index contributed by atoms with van der Waals surface area (Å²) in [6.07, 6.45) is -2.17. The molecule has 0 aliphatic carbocycles. The Labute approximate surface area is 209 Å². The molecule has 35 heavy (non-hydrogen) atoms. The van der Waals surface area contributed by atoms with Gasteiger partial charge in [0, 0.05) is 42.4 Å². The SMILES string of the molecule is CC.C[B]C.Cc1cc2c(NC3CCN(CC4COC(C)(C)O4)CC3)cccc2n1CC(F)(F)F. The second kappa shape index (κ2) is 13.0. The van der Waals surface area contributed by atoms with Crippen LogP contribution in [-0.2, 0) is 16.0 Å². The lowest BCUT2D eigenvalue weighted by atomic mass is 9.88. The number of alkyl halides is 3. The summed E-state index contributed by atoms with van der Waals surface area (Å²) < 4.78 is 51.8. The van der Waals surface area contributed by atoms with E-state index in [9.17, 15) is 13.2 Å². The summed E-state index contributed by atoms with van der Waals surface area (Å²) in [5.74, 6) is -0.496. The standard InChI is InChI=1S/C22H30F3N3O2.C2H6B.C2H6/c1-15-11-18-19(5-4-6-20(18)28(15)14-22(23,24)25)26-16-7-9-27(10-8-16)12-17-13-29-21(2,3)30-17;1-3-2;1-2/h4-6,11,16-17,26H,7-10,12-14H2,1-3H3;1-2H3;1-2H3. The van der Waals surface area contributed by atoms with Crippen molar-refractivity contribution < 1.29 is 22.6 Å². The molecule has 3 heterocycles. The van der Waals surface area contributed by atoms with Gasteiger partial charge >= 0.3 is 6.18 Å². The lowest BCUT2D eigenvalue weighted by Gasteiger charge is -2.34. The van der Waals surface area contributed by atoms with Crippen LogP contribution in [0.25, 0.3) is 10.9 Å². The summed E-state index contributed by atoms with van der Waals surface area (Å²) in [4.78, 5) is 2.40. The Hall–Kier alpha value is -1.71. The first kappa shape index (κ1) is 29.5. The van der Waals surface area contributed by atoms with Crippen molar-refractivity contribution in [1.29, 1.82) is 0 Å². The summed E-state index contributed by atoms with van der Waals surface area (Å²) in [5.41, 5.74) is 2.14. The van der Waals surface area contributed by atoms with Gasteiger partial charge in [0.2, 0.25) is 0 Å². The van der Waals surface area contributed by atoms with Crippen LogP contribution in [0.2, 0.25) is 13.6 Å². The highest BCUT2D eigenvalue weighted by Gasteiger charge is 2.34. The number of halogens is 3. The monoisotopic (exact) mass is 496 g/mol. The highest BCUT2D eigenvalue weighted by Crippen LogP contribution is 2.31. The van der Waals surface area contributed by atoms with Crippen LogP contribution in [0.4, 0.5) is 18.9 Å². The van der Waals surface area contributed by atoms with Crippen LogP contribution < -0.4 is 5.32 Å². The van der Waals surface area contributed by atoms with Crippen molar-refractivity contribution in [3.8, 4) is 0 Å². The number of likely N-dealkylation sites (tertiary alicyclic amines) is 1. The maximum Gasteiger partial charge on any atom is 0.406 e. The van der Waals surface area contributed by atoms with Crippen molar-refractivity contribution in [1.82, 2.24) is 9.47 Å². The molecule has 5 nitrogen and oxygen atoms in total. The first-order valence-electron chi connectivity index (χ1n) is 12.7. The summed E-state index contributed by atoms with van der Waals surface area (Å²) in [6, 6.07) is 7.68. The molecule has 2 fully saturated rings. The number of ether oxygens (including phenoxy) is 2. The Bertz CT molecular complexity index is 909. The average Bonchev–Trinajstić information content (AvgIpc) is 3.29. The predicted molar refractivity (Wildman–Crippen MR) is 140 cm³/mol. The largest absolute Gasteiger partial charge is 0.406 e. The number of fused-ring (bicyclic) bond motifs is 1. The van der Waals surface area contributed by atoms with Gasteiger partial charge in [-0.25, -0.2) is 0 Å². The minimum absolute atomic E-state index is 0.106. The van der Waals surface area contributed by atoms with E-state index in [2.05, 4.69) is 10.2 Å². The van der Waals surface area contributed by atoms with E-state index in [0.717, 1.165) is 43.5 Å². The number of hydrogen-bond acceptors (Lipinski definition) is 4. The molecule has 2 saturated heterocycles. The maximum atomic E-state index is 13.0. The number of hydrogen-bond donors (Lipinski definition) is 1. The third-order valence-electron chi connectivity index (χ3n) is 5.97. The molecule has 1 radical (unpaired) electrons. The first-order valence-corrected chi connectivity index (χ1v) is 12.7. The van der Waals surface area contributed by atoms with E-state index in [1.165, 1.54) is 4.57 Å². The van der Waals surface area contributed by atoms with Gasteiger partial charge in [0.25, 0.3) is 0 Å². The quantitative estimate of drug-likeness (QED) is 0.490. The van der Waals surface area contributed by atoms with Gasteiger partial charge in [0.05, 0.1) is 18.2 Å². The molecule has 1 aromatic heterocycles. The number of aryl methyl sites for hydroxylation is 1. The molecule has 2 aromatic rings. The lowest BCUT2D eigenvalue weighted by molar-refractivity contribution is -0.141. The van der Waals surface area contributed by atoms with Crippen molar-refractivity contribution in [2.75, 3.05) is 31.6 Å². The summed E-state index contributed by atoms with van der Waals surface area (Å²) in [6.45, 7) is 16.1. The average molecular weight is 496 g/mol. The molecule has 0 saturated carbocycles. The zero-order valence-corrected chi connectivity index (χ0v) is 22.3. The molecule has 1 aromatic carbocycles. The van der Waals surface area contributed by atoms with E-state index >= 15 is 0 Å². The fourth-order valence-corrected chi connectivity index (χ4v) is 4.55. The number of nitrogens with one attached hydrogen (secondary N) is 1. The fourth-order valence-electron chi connectivity index (χ4n) is 4.55. The van der Waals surface area contributed by atoms with Crippen molar-refractivity contribution in [2.24, 2.45) is 0 Å². The molecule has 1 N–H and O–H groups in total. The van der Waals surface area contributed by atoms with E-state index in [4.69, 9.17) is 9.47 Å². The molecule has 2 aliphatic rings. The zero-order valence-electron chi connectivity index (χ0n) is 22.3. The van der Waals surface area contributed by atoms with Crippen LogP contribution in [0.15, 0.2) is 24.3 Å². The van der Waals surface area contributed by atoms with Gasteiger partial charge in [0.1, 0.15) is 13.8 Å². The molecule has 1 unspecified atom stereocenters. The molecule has 0 bridgehead atoms. The van der Waals surface area contributed by atoms with Gasteiger partial charge in [-0.05, 0) is 51.8 Å². The molecule has 0 amide bonds. The maximum absolute atomic E-state index is 13.0. The first-order chi connectivity index (χ1) is 16.5. The van der Waals surface area contributed by atoms with Crippen molar-refractivity contribution >= 4 is 23.9 Å². The smallest absolute Gasteiger partial charge is 0.382 e. The highest BCUT2D eigenvalue weighted by atomic mass is 19.4. The number of rotatable bonds is 5. The van der Waals surface area contributed by atoms with Gasteiger partial charge in [-0.2, -0.15) is 13.2 Å². The summed E-state index contributed by atoms with van der Waals surface area (Å²) in [7, 11) is 2.00. The molecule has 4 rings (SSSR count). The van der Waals surface area contributed by atoms with E-state index in [1.807, 2.05) is 66.8 Å². The third kappa shape index (κ3) is 8.72. The number of benzene rings is 1. The zero-order chi connectivity index (χ0) is 26.2. The summed E-state index contributed by atoms with van der Waals surface area (Å²) >= 11 is 0. The molecule has 0 spiro atoms. The molecule has 2 aliphatic heterocycles. The number of piperidine rings is 1. The molecule has 1 atom stereocenters. The van der Waals surface area contributed by atoms with Crippen LogP contribution in [0.5, 0.6) is 0 Å². The Morgan fingerprint density at radius 2 is 1.77 bits per heavy atom. The fraction of sp³-hybridized carbons (Fsp3) is 0.692. The second-order valence-corrected chi connectivity index (χ2v) is 9.47. The van der Waals surface area contributed by atoms with Gasteiger partial charge in [0.15, 0.2) is 5.79 Å². The minimum atomic E-state index is -4.24. The van der Waals surface area contributed by atoms with Crippen LogP contribution in [0.1, 0.15) is 46.2 Å². The number of anilines is 1. The minimum Gasteiger partial charge on any atom is -0.382 e. The normalized spacial score (nSPS) is 20.6. The van der Waals surface area contributed by atoms with Crippen LogP contribution in [-0.4, -0.2) is 67.1 Å². The van der Waals surface area contributed by atoms with Gasteiger partial charge in [-0.15, -0.1) is 0 Å². The summed E-state index contributed by atoms with van der Waals surface area (Å²) in [5, 5.41) is 4.42. The van der Waals surface area contributed by atoms with E-state index in [0.29, 0.717) is 23.9 Å². The lowest BCUT2D eigenvalue weighted by Crippen LogP contribution is -2.43. The van der Waals surface area contributed by atoms with E-state index in [1.54, 1.807) is 13.0 Å². The molecular weight excluding hydrogens is 454 g/mol. The van der Waals surface area contributed by atoms with Crippen molar-refractivity contribution in [3.63, 3.8) is 0 Å². The number of aromatic nitrogens is 1. The Balaban J connectivity index is 0.000000803. The second-order valence-electron chi connectivity index (χ2n) is 9.47. The number of nitrogens with zero attached hydrogens (tertiary/aromatic N) is 2. The third-order valence-corrected chi connectivity index (χ3v) is 5.97. The Kier molecular flexibility index (Phi) is 11.0. The Morgan fingerprint density at radius 1 is 1.14 bits per heavy atom. The van der Waals surface area contributed by atoms with Gasteiger partial charge < -0.3 is 24.3 Å². The molecule has 197 valence electrons. The van der Waals surface area contributed by atoms with Crippen molar-refractivity contribution in [2.45, 2.75) is 91.8 Å². The topological polar surface area (TPSA) is 38.7 Å². The van der Waals surface area contributed by atoms with Crippen LogP contribution >= 0.6 is 0 Å². The molecule has 9 heteroatoms. The van der Waals surface area contributed by atoms with Crippen molar-refractivity contribution in [3.05, 3.63) is 30.0 Å². The predicted octanol–water partition coefficient (Wildman–Crippen LogP) is 6.35.